The number of rotatable bonds is 3. The second-order valence-corrected chi connectivity index (χ2v) is 7.88. The van der Waals surface area contributed by atoms with Crippen LogP contribution in [0.25, 0.3) is 0 Å². The van der Waals surface area contributed by atoms with Gasteiger partial charge in [-0.15, -0.1) is 11.3 Å². The van der Waals surface area contributed by atoms with Crippen molar-refractivity contribution >= 4 is 23.2 Å². The molecular formula is C17H24N2O2S. The second-order valence-electron chi connectivity index (χ2n) is 6.84. The molecule has 0 unspecified atom stereocenters. The van der Waals surface area contributed by atoms with Crippen molar-refractivity contribution in [3.05, 3.63) is 22.4 Å². The van der Waals surface area contributed by atoms with Gasteiger partial charge in [-0.3, -0.25) is 9.59 Å². The van der Waals surface area contributed by atoms with Crippen molar-refractivity contribution in [2.24, 2.45) is 11.8 Å². The van der Waals surface area contributed by atoms with E-state index < -0.39 is 0 Å². The maximum atomic E-state index is 12.9. The first-order valence-corrected chi connectivity index (χ1v) is 9.03. The highest BCUT2D eigenvalue weighted by Crippen LogP contribution is 2.27. The largest absolute Gasteiger partial charge is 0.340 e. The standard InChI is InChI=1S/C17H24N2O2S/c1-12-8-13(2)10-18(9-12)17(21)15-5-6-16(20)19(15)11-14-4-3-7-22-14/h3-4,7,12-13,15H,5-6,8-11H2,1-2H3/t12-,13+,15-/m1/s1. The average molecular weight is 320 g/mol. The van der Waals surface area contributed by atoms with Crippen molar-refractivity contribution in [3.8, 4) is 0 Å². The van der Waals surface area contributed by atoms with Crippen LogP contribution in [0.15, 0.2) is 17.5 Å². The zero-order valence-corrected chi connectivity index (χ0v) is 14.1. The molecule has 3 heterocycles. The van der Waals surface area contributed by atoms with Gasteiger partial charge >= 0.3 is 0 Å². The van der Waals surface area contributed by atoms with Crippen LogP contribution in [0, 0.1) is 11.8 Å². The summed E-state index contributed by atoms with van der Waals surface area (Å²) in [5, 5.41) is 2.01. The maximum absolute atomic E-state index is 12.9. The Labute approximate surface area is 136 Å². The summed E-state index contributed by atoms with van der Waals surface area (Å²) < 4.78 is 0. The van der Waals surface area contributed by atoms with Crippen LogP contribution in [-0.4, -0.2) is 40.7 Å². The van der Waals surface area contributed by atoms with Gasteiger partial charge in [-0.2, -0.15) is 0 Å². The van der Waals surface area contributed by atoms with Gasteiger partial charge in [0.05, 0.1) is 6.54 Å². The fourth-order valence-electron chi connectivity index (χ4n) is 3.81. The molecule has 2 amide bonds. The molecule has 3 atom stereocenters. The van der Waals surface area contributed by atoms with Crippen molar-refractivity contribution in [3.63, 3.8) is 0 Å². The molecule has 1 aromatic rings. The quantitative estimate of drug-likeness (QED) is 0.859. The number of hydrogen-bond acceptors (Lipinski definition) is 3. The molecule has 4 nitrogen and oxygen atoms in total. The molecule has 2 fully saturated rings. The number of piperidine rings is 1. The zero-order chi connectivity index (χ0) is 15.7. The van der Waals surface area contributed by atoms with Gasteiger partial charge in [-0.25, -0.2) is 0 Å². The fourth-order valence-corrected chi connectivity index (χ4v) is 4.52. The third-order valence-electron chi connectivity index (χ3n) is 4.70. The summed E-state index contributed by atoms with van der Waals surface area (Å²) in [4.78, 5) is 30.0. The van der Waals surface area contributed by atoms with Crippen molar-refractivity contribution in [2.75, 3.05) is 13.1 Å². The first kappa shape index (κ1) is 15.5. The summed E-state index contributed by atoms with van der Waals surface area (Å²) in [5.74, 6) is 1.37. The van der Waals surface area contributed by atoms with Crippen LogP contribution in [-0.2, 0) is 16.1 Å². The molecule has 0 bridgehead atoms. The molecule has 1 aromatic heterocycles. The normalized spacial score (nSPS) is 29.2. The lowest BCUT2D eigenvalue weighted by Gasteiger charge is -2.37. The molecule has 0 aliphatic carbocycles. The summed E-state index contributed by atoms with van der Waals surface area (Å²) in [7, 11) is 0. The Morgan fingerprint density at radius 1 is 1.32 bits per heavy atom. The van der Waals surface area contributed by atoms with E-state index in [0.717, 1.165) is 18.0 Å². The lowest BCUT2D eigenvalue weighted by Crippen LogP contribution is -2.50. The molecule has 3 rings (SSSR count). The number of carbonyl (C=O) groups excluding carboxylic acids is 2. The van der Waals surface area contributed by atoms with Crippen LogP contribution in [0.4, 0.5) is 0 Å². The minimum Gasteiger partial charge on any atom is -0.340 e. The summed E-state index contributed by atoms with van der Waals surface area (Å²) in [6, 6.07) is 3.76. The first-order valence-electron chi connectivity index (χ1n) is 8.15. The number of carbonyl (C=O) groups is 2. The lowest BCUT2D eigenvalue weighted by molar-refractivity contribution is -0.143. The predicted molar refractivity (Wildman–Crippen MR) is 87.4 cm³/mol. The SMILES string of the molecule is C[C@@H]1C[C@H](C)CN(C(=O)[C@H]2CCC(=O)N2Cc2cccs2)C1. The van der Waals surface area contributed by atoms with Gasteiger partial charge in [0.15, 0.2) is 0 Å². The molecule has 120 valence electrons. The monoisotopic (exact) mass is 320 g/mol. The maximum Gasteiger partial charge on any atom is 0.245 e. The minimum atomic E-state index is -0.257. The third kappa shape index (κ3) is 3.19. The van der Waals surface area contributed by atoms with Gasteiger partial charge in [0.25, 0.3) is 0 Å². The summed E-state index contributed by atoms with van der Waals surface area (Å²) in [5.41, 5.74) is 0. The summed E-state index contributed by atoms with van der Waals surface area (Å²) in [6.45, 7) is 6.66. The van der Waals surface area contributed by atoms with Crippen LogP contribution in [0.2, 0.25) is 0 Å². The Morgan fingerprint density at radius 2 is 2.05 bits per heavy atom. The van der Waals surface area contributed by atoms with Crippen molar-refractivity contribution in [1.82, 2.24) is 9.80 Å². The van der Waals surface area contributed by atoms with Gasteiger partial charge in [-0.1, -0.05) is 19.9 Å². The van der Waals surface area contributed by atoms with E-state index in [0.29, 0.717) is 31.2 Å². The van der Waals surface area contributed by atoms with Crippen LogP contribution < -0.4 is 0 Å². The number of likely N-dealkylation sites (tertiary alicyclic amines) is 2. The van der Waals surface area contributed by atoms with Crippen LogP contribution in [0.3, 0.4) is 0 Å². The molecular weight excluding hydrogens is 296 g/mol. The third-order valence-corrected chi connectivity index (χ3v) is 5.56. The topological polar surface area (TPSA) is 40.6 Å². The summed E-state index contributed by atoms with van der Waals surface area (Å²) in [6.07, 6.45) is 2.36. The fraction of sp³-hybridized carbons (Fsp3) is 0.647. The molecule has 0 aromatic carbocycles. The van der Waals surface area contributed by atoms with E-state index in [4.69, 9.17) is 0 Å². The van der Waals surface area contributed by atoms with Gasteiger partial charge in [0.1, 0.15) is 6.04 Å². The Morgan fingerprint density at radius 3 is 2.68 bits per heavy atom. The Balaban J connectivity index is 1.71. The molecule has 0 saturated carbocycles. The van der Waals surface area contributed by atoms with Crippen molar-refractivity contribution < 1.29 is 9.59 Å². The smallest absolute Gasteiger partial charge is 0.245 e. The van der Waals surface area contributed by atoms with E-state index in [1.54, 1.807) is 16.2 Å². The van der Waals surface area contributed by atoms with E-state index in [1.165, 1.54) is 6.42 Å². The first-order chi connectivity index (χ1) is 10.5. The van der Waals surface area contributed by atoms with E-state index in [2.05, 4.69) is 13.8 Å². The van der Waals surface area contributed by atoms with E-state index in [-0.39, 0.29) is 17.9 Å². The molecule has 2 aliphatic rings. The van der Waals surface area contributed by atoms with Crippen molar-refractivity contribution in [2.45, 2.75) is 45.7 Å². The predicted octanol–water partition coefficient (Wildman–Crippen LogP) is 2.74. The number of nitrogens with zero attached hydrogens (tertiary/aromatic N) is 2. The number of thiophene rings is 1. The van der Waals surface area contributed by atoms with E-state index in [9.17, 15) is 9.59 Å². The average Bonchev–Trinajstić information content (AvgIpc) is 3.09. The number of amides is 2. The number of hydrogen-bond donors (Lipinski definition) is 0. The molecule has 2 aliphatic heterocycles. The van der Waals surface area contributed by atoms with E-state index >= 15 is 0 Å². The Hall–Kier alpha value is -1.36. The minimum absolute atomic E-state index is 0.116. The lowest BCUT2D eigenvalue weighted by atomic mass is 9.91. The van der Waals surface area contributed by atoms with Crippen LogP contribution in [0.5, 0.6) is 0 Å². The molecule has 22 heavy (non-hydrogen) atoms. The zero-order valence-electron chi connectivity index (χ0n) is 13.3. The molecule has 2 saturated heterocycles. The highest BCUT2D eigenvalue weighted by atomic mass is 32.1. The Kier molecular flexibility index (Phi) is 4.52. The molecule has 5 heteroatoms. The van der Waals surface area contributed by atoms with E-state index in [1.807, 2.05) is 22.4 Å². The molecule has 0 spiro atoms. The second kappa shape index (κ2) is 6.41. The Bertz CT molecular complexity index is 533. The van der Waals surface area contributed by atoms with Gasteiger partial charge in [-0.05, 0) is 36.1 Å². The van der Waals surface area contributed by atoms with Gasteiger partial charge < -0.3 is 9.80 Å². The van der Waals surface area contributed by atoms with Crippen molar-refractivity contribution in [1.29, 1.82) is 0 Å². The van der Waals surface area contributed by atoms with Gasteiger partial charge in [0, 0.05) is 24.4 Å². The van der Waals surface area contributed by atoms with Crippen LogP contribution >= 0.6 is 11.3 Å². The molecule has 0 N–H and O–H groups in total. The highest BCUT2D eigenvalue weighted by molar-refractivity contribution is 7.09. The molecule has 0 radical (unpaired) electrons. The van der Waals surface area contributed by atoms with Gasteiger partial charge in [0.2, 0.25) is 11.8 Å². The van der Waals surface area contributed by atoms with Crippen LogP contribution in [0.1, 0.15) is 38.0 Å². The highest BCUT2D eigenvalue weighted by Gasteiger charge is 2.39. The summed E-state index contributed by atoms with van der Waals surface area (Å²) >= 11 is 1.64.